The summed E-state index contributed by atoms with van der Waals surface area (Å²) in [4.78, 5) is 0. The Labute approximate surface area is 66.4 Å². The first kappa shape index (κ1) is 9.92. The minimum Gasteiger partial charge on any atom is -0.412 e. The summed E-state index contributed by atoms with van der Waals surface area (Å²) in [6.07, 6.45) is 0. The Morgan fingerprint density at radius 1 is 1.50 bits per heavy atom. The van der Waals surface area contributed by atoms with Gasteiger partial charge in [0.1, 0.15) is 0 Å². The molecule has 0 aliphatic heterocycles. The first-order valence-corrected chi connectivity index (χ1v) is 4.62. The van der Waals surface area contributed by atoms with Crippen molar-refractivity contribution in [1.82, 2.24) is 0 Å². The van der Waals surface area contributed by atoms with E-state index in [1.807, 2.05) is 0 Å². The maximum absolute atomic E-state index is 5.36. The third-order valence-corrected chi connectivity index (χ3v) is 1.88. The van der Waals surface area contributed by atoms with Crippen molar-refractivity contribution in [1.29, 1.82) is 0 Å². The van der Waals surface area contributed by atoms with E-state index in [-0.39, 0.29) is 0 Å². The largest absolute Gasteiger partial charge is 0.412 e. The highest BCUT2D eigenvalue weighted by Gasteiger charge is 1.91. The van der Waals surface area contributed by atoms with Crippen molar-refractivity contribution in [2.24, 2.45) is 5.92 Å². The second-order valence-corrected chi connectivity index (χ2v) is 3.86. The van der Waals surface area contributed by atoms with Crippen LogP contribution >= 0.6 is 0 Å². The molecule has 10 heavy (non-hydrogen) atoms. The standard InChI is InChI=1S/C8H16OSi/c1-7(2)5-9-10-6-8(3)4/h6-7H,5H2,1-4H3. The van der Waals surface area contributed by atoms with Crippen molar-refractivity contribution in [3.05, 3.63) is 11.3 Å². The van der Waals surface area contributed by atoms with Gasteiger partial charge in [0.05, 0.1) is 0 Å². The number of allylic oxidation sites excluding steroid dienone is 1. The lowest BCUT2D eigenvalue weighted by Crippen LogP contribution is -2.04. The zero-order valence-corrected chi connectivity index (χ0v) is 8.27. The molecule has 0 fully saturated rings. The van der Waals surface area contributed by atoms with E-state index in [0.29, 0.717) is 15.7 Å². The Hall–Kier alpha value is -0.0831. The summed E-state index contributed by atoms with van der Waals surface area (Å²) in [6.45, 7) is 9.37. The molecular weight excluding hydrogens is 140 g/mol. The van der Waals surface area contributed by atoms with Gasteiger partial charge in [-0.05, 0) is 19.8 Å². The van der Waals surface area contributed by atoms with Gasteiger partial charge in [-0.3, -0.25) is 0 Å². The van der Waals surface area contributed by atoms with Gasteiger partial charge in [0.2, 0.25) is 0 Å². The van der Waals surface area contributed by atoms with Crippen LogP contribution in [0.1, 0.15) is 27.7 Å². The Morgan fingerprint density at radius 2 is 2.10 bits per heavy atom. The van der Waals surface area contributed by atoms with Crippen LogP contribution in [0.15, 0.2) is 11.3 Å². The van der Waals surface area contributed by atoms with Gasteiger partial charge in [-0.1, -0.05) is 25.1 Å². The van der Waals surface area contributed by atoms with Crippen LogP contribution < -0.4 is 0 Å². The Bertz CT molecular complexity index is 104. The highest BCUT2D eigenvalue weighted by molar-refractivity contribution is 6.34. The second kappa shape index (κ2) is 5.68. The maximum atomic E-state index is 5.36. The van der Waals surface area contributed by atoms with Gasteiger partial charge in [-0.2, -0.15) is 0 Å². The molecule has 0 aromatic heterocycles. The molecule has 0 rings (SSSR count). The topological polar surface area (TPSA) is 9.23 Å². The van der Waals surface area contributed by atoms with Gasteiger partial charge in [-0.15, -0.1) is 0 Å². The van der Waals surface area contributed by atoms with Gasteiger partial charge in [-0.25, -0.2) is 0 Å². The summed E-state index contributed by atoms with van der Waals surface area (Å²) in [5.74, 6) is 0.651. The van der Waals surface area contributed by atoms with E-state index < -0.39 is 0 Å². The molecule has 0 bridgehead atoms. The predicted octanol–water partition coefficient (Wildman–Crippen LogP) is 2.20. The molecule has 1 nitrogen and oxygen atoms in total. The van der Waals surface area contributed by atoms with Gasteiger partial charge in [0.15, 0.2) is 0 Å². The first-order chi connectivity index (χ1) is 4.63. The first-order valence-electron chi connectivity index (χ1n) is 3.63. The highest BCUT2D eigenvalue weighted by Crippen LogP contribution is 1.92. The van der Waals surface area contributed by atoms with Crippen molar-refractivity contribution in [2.75, 3.05) is 6.61 Å². The third kappa shape index (κ3) is 7.92. The maximum Gasteiger partial charge on any atom is 0.260 e. The molecule has 0 saturated carbocycles. The van der Waals surface area contributed by atoms with Crippen LogP contribution in [0, 0.1) is 5.92 Å². The number of rotatable bonds is 4. The van der Waals surface area contributed by atoms with Gasteiger partial charge in [0, 0.05) is 6.61 Å². The van der Waals surface area contributed by atoms with Gasteiger partial charge >= 0.3 is 0 Å². The molecule has 0 heterocycles. The second-order valence-electron chi connectivity index (χ2n) is 3.04. The van der Waals surface area contributed by atoms with Crippen LogP contribution in [0.2, 0.25) is 0 Å². The van der Waals surface area contributed by atoms with Gasteiger partial charge in [0.25, 0.3) is 9.76 Å². The molecule has 0 aliphatic rings. The van der Waals surface area contributed by atoms with E-state index in [1.54, 1.807) is 0 Å². The summed E-state index contributed by atoms with van der Waals surface area (Å²) in [7, 11) is 0.543. The fraction of sp³-hybridized carbons (Fsp3) is 0.750. The lowest BCUT2D eigenvalue weighted by Gasteiger charge is -2.02. The minimum absolute atomic E-state index is 0.543. The lowest BCUT2D eigenvalue weighted by molar-refractivity contribution is 0.288. The lowest BCUT2D eigenvalue weighted by atomic mass is 10.2. The number of hydrogen-bond acceptors (Lipinski definition) is 1. The summed E-state index contributed by atoms with van der Waals surface area (Å²) in [5.41, 5.74) is 3.46. The molecule has 0 unspecified atom stereocenters. The van der Waals surface area contributed by atoms with Crippen molar-refractivity contribution in [3.63, 3.8) is 0 Å². The summed E-state index contributed by atoms with van der Waals surface area (Å²) in [5, 5.41) is 0. The zero-order valence-electron chi connectivity index (χ0n) is 7.27. The molecule has 0 N–H and O–H groups in total. The van der Waals surface area contributed by atoms with Crippen molar-refractivity contribution in [2.45, 2.75) is 27.7 Å². The molecule has 0 aromatic rings. The Morgan fingerprint density at radius 3 is 2.50 bits per heavy atom. The molecule has 0 amide bonds. The van der Waals surface area contributed by atoms with Crippen LogP contribution in [0.5, 0.6) is 0 Å². The van der Waals surface area contributed by atoms with Gasteiger partial charge < -0.3 is 4.43 Å². The molecule has 0 aliphatic carbocycles. The quantitative estimate of drug-likeness (QED) is 0.448. The molecule has 2 heteroatoms. The molecular formula is C8H16OSi. The summed E-state index contributed by atoms with van der Waals surface area (Å²) < 4.78 is 5.36. The number of hydrogen-bond donors (Lipinski definition) is 0. The van der Waals surface area contributed by atoms with Crippen LogP contribution in [0.4, 0.5) is 0 Å². The monoisotopic (exact) mass is 156 g/mol. The summed E-state index contributed by atoms with van der Waals surface area (Å²) >= 11 is 0. The van der Waals surface area contributed by atoms with Crippen molar-refractivity contribution in [3.8, 4) is 0 Å². The molecule has 58 valence electrons. The van der Waals surface area contributed by atoms with Crippen molar-refractivity contribution < 1.29 is 4.43 Å². The van der Waals surface area contributed by atoms with E-state index >= 15 is 0 Å². The molecule has 2 radical (unpaired) electrons. The third-order valence-electron chi connectivity index (χ3n) is 0.848. The van der Waals surface area contributed by atoms with Crippen molar-refractivity contribution >= 4 is 9.76 Å². The molecule has 0 aromatic carbocycles. The Balaban J connectivity index is 3.13. The van der Waals surface area contributed by atoms with E-state index in [0.717, 1.165) is 6.61 Å². The average molecular weight is 156 g/mol. The van der Waals surface area contributed by atoms with Crippen LogP contribution in [0.3, 0.4) is 0 Å². The predicted molar refractivity (Wildman–Crippen MR) is 46.0 cm³/mol. The smallest absolute Gasteiger partial charge is 0.260 e. The SMILES string of the molecule is CC(C)=C[Si]OCC(C)C. The molecule has 0 spiro atoms. The minimum atomic E-state index is 0.543. The van der Waals surface area contributed by atoms with E-state index in [4.69, 9.17) is 4.43 Å². The zero-order chi connectivity index (χ0) is 7.98. The summed E-state index contributed by atoms with van der Waals surface area (Å²) in [6, 6.07) is 0. The van der Waals surface area contributed by atoms with Crippen LogP contribution in [-0.2, 0) is 4.43 Å². The van der Waals surface area contributed by atoms with Crippen LogP contribution in [-0.4, -0.2) is 16.4 Å². The fourth-order valence-electron chi connectivity index (χ4n) is 0.374. The van der Waals surface area contributed by atoms with E-state index in [9.17, 15) is 0 Å². The van der Waals surface area contributed by atoms with E-state index in [1.165, 1.54) is 5.57 Å². The van der Waals surface area contributed by atoms with Crippen LogP contribution in [0.25, 0.3) is 0 Å². The van der Waals surface area contributed by atoms with E-state index in [2.05, 4.69) is 33.4 Å². The Kier molecular flexibility index (Phi) is 5.64. The molecule has 0 saturated heterocycles. The highest BCUT2D eigenvalue weighted by atomic mass is 28.2. The molecule has 0 atom stereocenters. The fourth-order valence-corrected chi connectivity index (χ4v) is 1.12. The average Bonchev–Trinajstić information content (AvgIpc) is 1.79. The normalized spacial score (nSPS) is 10.1.